The lowest BCUT2D eigenvalue weighted by atomic mass is 9.84. The molecule has 4 nitrogen and oxygen atoms in total. The quantitative estimate of drug-likeness (QED) is 0.438. The number of hydrogen-bond donors (Lipinski definition) is 0. The molecule has 0 amide bonds. The molecule has 0 N–H and O–H groups in total. The monoisotopic (exact) mass is 281 g/mol. The van der Waals surface area contributed by atoms with E-state index in [4.69, 9.17) is 11.6 Å². The molecule has 102 valence electrons. The Morgan fingerprint density at radius 2 is 2.21 bits per heavy atom. The average Bonchev–Trinajstić information content (AvgIpc) is 3.17. The second kappa shape index (κ2) is 6.15. The normalized spacial score (nSPS) is 17.7. The van der Waals surface area contributed by atoms with Crippen molar-refractivity contribution in [3.8, 4) is 0 Å². The molecule has 2 atom stereocenters. The highest BCUT2D eigenvalue weighted by Crippen LogP contribution is 2.41. The molecule has 0 heterocycles. The number of carbonyl (C=O) groups excluding carboxylic acids is 1. The van der Waals surface area contributed by atoms with Gasteiger partial charge in [-0.3, -0.25) is 10.1 Å². The van der Waals surface area contributed by atoms with Crippen molar-refractivity contribution in [3.05, 3.63) is 45.0 Å². The molecule has 1 fully saturated rings. The summed E-state index contributed by atoms with van der Waals surface area (Å²) in [5.74, 6) is -0.109. The molecule has 1 aromatic carbocycles. The van der Waals surface area contributed by atoms with Gasteiger partial charge in [-0.25, -0.2) is 0 Å². The molecule has 0 radical (unpaired) electrons. The Morgan fingerprint density at radius 3 is 2.74 bits per heavy atom. The van der Waals surface area contributed by atoms with Gasteiger partial charge in [0, 0.05) is 21.8 Å². The van der Waals surface area contributed by atoms with Gasteiger partial charge in [-0.05, 0) is 42.9 Å². The zero-order valence-corrected chi connectivity index (χ0v) is 11.3. The van der Waals surface area contributed by atoms with Gasteiger partial charge in [0.1, 0.15) is 6.29 Å². The third kappa shape index (κ3) is 4.03. The van der Waals surface area contributed by atoms with Crippen LogP contribution in [0.25, 0.3) is 0 Å². The lowest BCUT2D eigenvalue weighted by Gasteiger charge is -2.19. The first-order chi connectivity index (χ1) is 9.10. The lowest BCUT2D eigenvalue weighted by molar-refractivity contribution is -0.490. The Morgan fingerprint density at radius 1 is 1.47 bits per heavy atom. The smallest absolute Gasteiger partial charge is 0.207 e. The van der Waals surface area contributed by atoms with E-state index in [9.17, 15) is 14.9 Å². The van der Waals surface area contributed by atoms with Crippen LogP contribution in [0.1, 0.15) is 18.4 Å². The Balaban J connectivity index is 2.09. The van der Waals surface area contributed by atoms with Crippen molar-refractivity contribution in [2.45, 2.75) is 19.3 Å². The second-order valence-electron chi connectivity index (χ2n) is 5.15. The van der Waals surface area contributed by atoms with Crippen LogP contribution < -0.4 is 0 Å². The third-order valence-corrected chi connectivity index (χ3v) is 3.91. The first-order valence-electron chi connectivity index (χ1n) is 6.41. The number of nitrogens with zero attached hydrogens (tertiary/aromatic N) is 1. The van der Waals surface area contributed by atoms with Gasteiger partial charge in [-0.15, -0.1) is 0 Å². The van der Waals surface area contributed by atoms with Crippen molar-refractivity contribution in [1.82, 2.24) is 0 Å². The number of carbonyl (C=O) groups is 1. The highest BCUT2D eigenvalue weighted by Gasteiger charge is 2.39. The summed E-state index contributed by atoms with van der Waals surface area (Å²) < 4.78 is 0. The van der Waals surface area contributed by atoms with Crippen LogP contribution >= 0.6 is 11.6 Å². The minimum Gasteiger partial charge on any atom is -0.303 e. The molecule has 19 heavy (non-hydrogen) atoms. The van der Waals surface area contributed by atoms with Crippen molar-refractivity contribution in [2.75, 3.05) is 6.54 Å². The maximum absolute atomic E-state index is 11.3. The van der Waals surface area contributed by atoms with Crippen molar-refractivity contribution in [1.29, 1.82) is 0 Å². The van der Waals surface area contributed by atoms with E-state index in [1.54, 1.807) is 6.07 Å². The molecule has 0 aliphatic heterocycles. The van der Waals surface area contributed by atoms with Crippen molar-refractivity contribution in [3.63, 3.8) is 0 Å². The number of aldehydes is 1. The fourth-order valence-electron chi connectivity index (χ4n) is 2.57. The Hall–Kier alpha value is -1.42. The van der Waals surface area contributed by atoms with Crippen LogP contribution in [0.2, 0.25) is 5.02 Å². The SMILES string of the molecule is O=C[C@H](Cc1cccc(Cl)c1)[C@H](C[N+](=O)[O-])C1CC1. The summed E-state index contributed by atoms with van der Waals surface area (Å²) in [5.41, 5.74) is 0.957. The van der Waals surface area contributed by atoms with Gasteiger partial charge in [0.2, 0.25) is 6.54 Å². The second-order valence-corrected chi connectivity index (χ2v) is 5.59. The standard InChI is InChI=1S/C14H16ClNO3/c15-13-3-1-2-10(7-13)6-12(9-17)14(8-16(18)19)11-4-5-11/h1-3,7,9,11-12,14H,4-6,8H2/t12-,14+/m0/s1. The van der Waals surface area contributed by atoms with E-state index in [1.807, 2.05) is 18.2 Å². The predicted octanol–water partition coefficient (Wildman–Crippen LogP) is 3.00. The van der Waals surface area contributed by atoms with E-state index < -0.39 is 0 Å². The number of rotatable bonds is 7. The molecule has 0 bridgehead atoms. The maximum atomic E-state index is 11.3. The fourth-order valence-corrected chi connectivity index (χ4v) is 2.78. The van der Waals surface area contributed by atoms with E-state index in [-0.39, 0.29) is 23.3 Å². The van der Waals surface area contributed by atoms with Crippen LogP contribution in [-0.2, 0) is 11.2 Å². The van der Waals surface area contributed by atoms with Crippen LogP contribution in [0.5, 0.6) is 0 Å². The Kier molecular flexibility index (Phi) is 4.53. The Labute approximate surface area is 116 Å². The van der Waals surface area contributed by atoms with Crippen molar-refractivity contribution < 1.29 is 9.72 Å². The molecular weight excluding hydrogens is 266 g/mol. The molecule has 0 aromatic heterocycles. The minimum absolute atomic E-state index is 0.116. The molecule has 1 aliphatic carbocycles. The third-order valence-electron chi connectivity index (χ3n) is 3.67. The largest absolute Gasteiger partial charge is 0.303 e. The maximum Gasteiger partial charge on any atom is 0.207 e. The number of halogens is 1. The summed E-state index contributed by atoms with van der Waals surface area (Å²) in [5, 5.41) is 11.4. The van der Waals surface area contributed by atoms with Gasteiger partial charge in [0.15, 0.2) is 0 Å². The molecular formula is C14H16ClNO3. The minimum atomic E-state index is -0.308. The summed E-state index contributed by atoms with van der Waals surface area (Å²) in [6.07, 6.45) is 3.39. The molecule has 5 heteroatoms. The van der Waals surface area contributed by atoms with Crippen LogP contribution in [0.4, 0.5) is 0 Å². The van der Waals surface area contributed by atoms with E-state index in [2.05, 4.69) is 0 Å². The van der Waals surface area contributed by atoms with E-state index in [0.29, 0.717) is 17.4 Å². The summed E-state index contributed by atoms with van der Waals surface area (Å²) in [6.45, 7) is -0.116. The predicted molar refractivity (Wildman–Crippen MR) is 72.8 cm³/mol. The van der Waals surface area contributed by atoms with Crippen LogP contribution in [0.15, 0.2) is 24.3 Å². The van der Waals surface area contributed by atoms with E-state index >= 15 is 0 Å². The average molecular weight is 282 g/mol. The van der Waals surface area contributed by atoms with Gasteiger partial charge >= 0.3 is 0 Å². The summed E-state index contributed by atoms with van der Waals surface area (Å²) >= 11 is 5.91. The highest BCUT2D eigenvalue weighted by atomic mass is 35.5. The lowest BCUT2D eigenvalue weighted by Crippen LogP contribution is -2.27. The molecule has 1 aromatic rings. The summed E-state index contributed by atoms with van der Waals surface area (Å²) in [7, 11) is 0. The highest BCUT2D eigenvalue weighted by molar-refractivity contribution is 6.30. The summed E-state index contributed by atoms with van der Waals surface area (Å²) in [4.78, 5) is 21.7. The van der Waals surface area contributed by atoms with Crippen LogP contribution in [0, 0.1) is 27.9 Å². The topological polar surface area (TPSA) is 60.2 Å². The molecule has 0 spiro atoms. The first-order valence-corrected chi connectivity index (χ1v) is 6.79. The molecule has 0 unspecified atom stereocenters. The van der Waals surface area contributed by atoms with Crippen molar-refractivity contribution in [2.24, 2.45) is 17.8 Å². The molecule has 2 rings (SSSR count). The zero-order valence-electron chi connectivity index (χ0n) is 10.5. The van der Waals surface area contributed by atoms with Gasteiger partial charge in [0.25, 0.3) is 0 Å². The van der Waals surface area contributed by atoms with E-state index in [0.717, 1.165) is 24.7 Å². The number of nitro groups is 1. The van der Waals surface area contributed by atoms with Gasteiger partial charge in [-0.2, -0.15) is 0 Å². The summed E-state index contributed by atoms with van der Waals surface area (Å²) in [6, 6.07) is 7.32. The molecule has 1 saturated carbocycles. The van der Waals surface area contributed by atoms with Crippen molar-refractivity contribution >= 4 is 17.9 Å². The van der Waals surface area contributed by atoms with Gasteiger partial charge < -0.3 is 4.79 Å². The first kappa shape index (κ1) is 14.0. The molecule has 1 aliphatic rings. The van der Waals surface area contributed by atoms with Gasteiger partial charge in [-0.1, -0.05) is 23.7 Å². The zero-order chi connectivity index (χ0) is 13.8. The fraction of sp³-hybridized carbons (Fsp3) is 0.500. The van der Waals surface area contributed by atoms with Gasteiger partial charge in [0.05, 0.1) is 0 Å². The molecule has 0 saturated heterocycles. The number of hydrogen-bond acceptors (Lipinski definition) is 3. The van der Waals surface area contributed by atoms with E-state index in [1.165, 1.54) is 0 Å². The Bertz CT molecular complexity index is 474. The van der Waals surface area contributed by atoms with Crippen LogP contribution in [0.3, 0.4) is 0 Å². The van der Waals surface area contributed by atoms with Crippen LogP contribution in [-0.4, -0.2) is 17.8 Å². The number of benzene rings is 1.